The summed E-state index contributed by atoms with van der Waals surface area (Å²) in [5.74, 6) is 0.0429. The Labute approximate surface area is 175 Å². The van der Waals surface area contributed by atoms with Gasteiger partial charge in [0.2, 0.25) is 11.8 Å². The monoisotopic (exact) mass is 416 g/mol. The van der Waals surface area contributed by atoms with Gasteiger partial charge in [-0.25, -0.2) is 4.98 Å². The summed E-state index contributed by atoms with van der Waals surface area (Å²) in [7, 11) is 0. The van der Waals surface area contributed by atoms with Gasteiger partial charge in [0.25, 0.3) is 5.91 Å². The zero-order valence-electron chi connectivity index (χ0n) is 16.7. The van der Waals surface area contributed by atoms with Crippen molar-refractivity contribution >= 4 is 29.1 Å². The van der Waals surface area contributed by atoms with Crippen molar-refractivity contribution < 1.29 is 14.3 Å². The predicted molar refractivity (Wildman–Crippen MR) is 113 cm³/mol. The Morgan fingerprint density at radius 1 is 1.28 bits per heavy atom. The third-order valence-electron chi connectivity index (χ3n) is 4.83. The van der Waals surface area contributed by atoms with Gasteiger partial charge in [0.05, 0.1) is 5.69 Å². The molecule has 0 unspecified atom stereocenters. The maximum Gasteiger partial charge on any atom is 0.264 e. The SMILES string of the molecule is CCN(CC)CCCNC(=O)CN1C(=O)c2cccnc2Oc2ccc(Cl)cc21. The minimum atomic E-state index is -0.354. The van der Waals surface area contributed by atoms with Gasteiger partial charge in [-0.2, -0.15) is 0 Å². The average molecular weight is 417 g/mol. The number of carbonyl (C=O) groups is 2. The number of nitrogens with one attached hydrogen (secondary N) is 1. The Kier molecular flexibility index (Phi) is 7.06. The smallest absolute Gasteiger partial charge is 0.264 e. The number of hydrogen-bond donors (Lipinski definition) is 1. The molecule has 1 aromatic carbocycles. The summed E-state index contributed by atoms with van der Waals surface area (Å²) in [4.78, 5) is 33.5. The molecular formula is C21H25ClN4O3. The molecule has 1 aliphatic rings. The highest BCUT2D eigenvalue weighted by Gasteiger charge is 2.30. The molecule has 1 aliphatic heterocycles. The van der Waals surface area contributed by atoms with Gasteiger partial charge in [-0.05, 0) is 56.4 Å². The van der Waals surface area contributed by atoms with E-state index in [0.717, 1.165) is 26.1 Å². The summed E-state index contributed by atoms with van der Waals surface area (Å²) < 4.78 is 5.82. The van der Waals surface area contributed by atoms with Crippen LogP contribution in [0.4, 0.5) is 5.69 Å². The second-order valence-electron chi connectivity index (χ2n) is 6.69. The Bertz CT molecular complexity index is 886. The van der Waals surface area contributed by atoms with Crippen LogP contribution in [0.2, 0.25) is 5.02 Å². The molecule has 0 saturated carbocycles. The lowest BCUT2D eigenvalue weighted by Crippen LogP contribution is -2.41. The quantitative estimate of drug-likeness (QED) is 0.668. The fourth-order valence-corrected chi connectivity index (χ4v) is 3.37. The number of pyridine rings is 1. The van der Waals surface area contributed by atoms with Crippen molar-refractivity contribution in [3.8, 4) is 11.6 Å². The number of rotatable bonds is 8. The van der Waals surface area contributed by atoms with Gasteiger partial charge in [0, 0.05) is 17.8 Å². The Hall–Kier alpha value is -2.64. The molecule has 1 N–H and O–H groups in total. The number of ether oxygens (including phenoxy) is 1. The highest BCUT2D eigenvalue weighted by molar-refractivity contribution is 6.31. The third kappa shape index (κ3) is 5.05. The minimum Gasteiger partial charge on any atom is -0.436 e. The first kappa shape index (κ1) is 21.1. The molecule has 0 spiro atoms. The first-order chi connectivity index (χ1) is 14.0. The van der Waals surface area contributed by atoms with Crippen molar-refractivity contribution in [1.29, 1.82) is 0 Å². The number of hydrogen-bond acceptors (Lipinski definition) is 5. The van der Waals surface area contributed by atoms with Crippen LogP contribution >= 0.6 is 11.6 Å². The first-order valence-corrected chi connectivity index (χ1v) is 10.1. The highest BCUT2D eigenvalue weighted by Crippen LogP contribution is 2.39. The zero-order valence-corrected chi connectivity index (χ0v) is 17.4. The molecule has 2 heterocycles. The molecule has 2 amide bonds. The van der Waals surface area contributed by atoms with Crippen molar-refractivity contribution in [3.63, 3.8) is 0 Å². The molecule has 29 heavy (non-hydrogen) atoms. The number of benzene rings is 1. The topological polar surface area (TPSA) is 74.8 Å². The van der Waals surface area contributed by atoms with Gasteiger partial charge in [-0.15, -0.1) is 0 Å². The van der Waals surface area contributed by atoms with E-state index in [2.05, 4.69) is 29.0 Å². The van der Waals surface area contributed by atoms with Crippen molar-refractivity contribution in [2.45, 2.75) is 20.3 Å². The van der Waals surface area contributed by atoms with Crippen LogP contribution in [0.25, 0.3) is 0 Å². The van der Waals surface area contributed by atoms with E-state index >= 15 is 0 Å². The second kappa shape index (κ2) is 9.71. The van der Waals surface area contributed by atoms with E-state index in [1.165, 1.54) is 4.90 Å². The number of nitrogens with zero attached hydrogens (tertiary/aromatic N) is 3. The van der Waals surface area contributed by atoms with Crippen molar-refractivity contribution in [2.24, 2.45) is 0 Å². The van der Waals surface area contributed by atoms with Gasteiger partial charge in [-0.3, -0.25) is 14.5 Å². The van der Waals surface area contributed by atoms with E-state index in [9.17, 15) is 9.59 Å². The molecule has 0 fully saturated rings. The van der Waals surface area contributed by atoms with Crippen LogP contribution in [0.1, 0.15) is 30.6 Å². The molecular weight excluding hydrogens is 392 g/mol. The van der Waals surface area contributed by atoms with E-state index in [-0.39, 0.29) is 24.2 Å². The maximum absolute atomic E-state index is 13.1. The van der Waals surface area contributed by atoms with Gasteiger partial charge in [0.15, 0.2) is 5.75 Å². The van der Waals surface area contributed by atoms with Crippen LogP contribution in [0.3, 0.4) is 0 Å². The Balaban J connectivity index is 1.74. The second-order valence-corrected chi connectivity index (χ2v) is 7.13. The van der Waals surface area contributed by atoms with Gasteiger partial charge >= 0.3 is 0 Å². The fraction of sp³-hybridized carbons (Fsp3) is 0.381. The van der Waals surface area contributed by atoms with Crippen LogP contribution in [0.15, 0.2) is 36.5 Å². The van der Waals surface area contributed by atoms with Crippen molar-refractivity contribution in [1.82, 2.24) is 15.2 Å². The summed E-state index contributed by atoms with van der Waals surface area (Å²) in [6, 6.07) is 8.25. The number of fused-ring (bicyclic) bond motifs is 2. The van der Waals surface area contributed by atoms with E-state index in [1.807, 2.05) is 0 Å². The highest BCUT2D eigenvalue weighted by atomic mass is 35.5. The molecule has 0 aliphatic carbocycles. The molecule has 0 bridgehead atoms. The standard InChI is InChI=1S/C21H25ClN4O3/c1-3-25(4-2)12-6-11-23-19(27)14-26-17-13-15(22)8-9-18(17)29-20-16(21(26)28)7-5-10-24-20/h5,7-10,13H,3-4,6,11-12,14H2,1-2H3,(H,23,27). The van der Waals surface area contributed by atoms with E-state index in [1.54, 1.807) is 36.5 Å². The van der Waals surface area contributed by atoms with Crippen LogP contribution in [0, 0.1) is 0 Å². The van der Waals surface area contributed by atoms with Gasteiger partial charge < -0.3 is 15.0 Å². The number of amides is 2. The molecule has 2 aromatic rings. The minimum absolute atomic E-state index is 0.130. The summed E-state index contributed by atoms with van der Waals surface area (Å²) in [6.45, 7) is 7.54. The predicted octanol–water partition coefficient (Wildman–Crippen LogP) is 3.34. The van der Waals surface area contributed by atoms with Crippen LogP contribution in [0.5, 0.6) is 11.6 Å². The molecule has 0 radical (unpaired) electrons. The van der Waals surface area contributed by atoms with Gasteiger partial charge in [-0.1, -0.05) is 25.4 Å². The Morgan fingerprint density at radius 2 is 2.07 bits per heavy atom. The normalized spacial score (nSPS) is 12.8. The van der Waals surface area contributed by atoms with E-state index in [4.69, 9.17) is 16.3 Å². The number of halogens is 1. The average Bonchev–Trinajstić information content (AvgIpc) is 2.83. The summed E-state index contributed by atoms with van der Waals surface area (Å²) in [5, 5.41) is 3.34. The largest absolute Gasteiger partial charge is 0.436 e. The van der Waals surface area contributed by atoms with E-state index in [0.29, 0.717) is 28.6 Å². The molecule has 8 heteroatoms. The number of carbonyl (C=O) groups excluding carboxylic acids is 2. The summed E-state index contributed by atoms with van der Waals surface area (Å²) in [6.07, 6.45) is 2.40. The van der Waals surface area contributed by atoms with Crippen molar-refractivity contribution in [2.75, 3.05) is 37.6 Å². The lowest BCUT2D eigenvalue weighted by atomic mass is 10.2. The molecule has 1 aromatic heterocycles. The molecule has 0 saturated heterocycles. The third-order valence-corrected chi connectivity index (χ3v) is 5.07. The summed E-state index contributed by atoms with van der Waals surface area (Å²) in [5.41, 5.74) is 0.743. The lowest BCUT2D eigenvalue weighted by molar-refractivity contribution is -0.119. The van der Waals surface area contributed by atoms with E-state index < -0.39 is 0 Å². The van der Waals surface area contributed by atoms with Crippen LogP contribution in [-0.2, 0) is 4.79 Å². The molecule has 154 valence electrons. The van der Waals surface area contributed by atoms with Crippen molar-refractivity contribution in [3.05, 3.63) is 47.1 Å². The molecule has 7 nitrogen and oxygen atoms in total. The molecule has 3 rings (SSSR count). The first-order valence-electron chi connectivity index (χ1n) is 9.76. The number of aromatic nitrogens is 1. The zero-order chi connectivity index (χ0) is 20.8. The van der Waals surface area contributed by atoms with Crippen LogP contribution in [-0.4, -0.2) is 54.4 Å². The lowest BCUT2D eigenvalue weighted by Gasteiger charge is -2.22. The van der Waals surface area contributed by atoms with Gasteiger partial charge in [0.1, 0.15) is 12.1 Å². The maximum atomic E-state index is 13.1. The van der Waals surface area contributed by atoms with Crippen LogP contribution < -0.4 is 15.0 Å². The summed E-state index contributed by atoms with van der Waals surface area (Å²) >= 11 is 6.14. The fourth-order valence-electron chi connectivity index (χ4n) is 3.21. The number of anilines is 1. The molecule has 0 atom stereocenters. The Morgan fingerprint density at radius 3 is 2.83 bits per heavy atom.